The summed E-state index contributed by atoms with van der Waals surface area (Å²) >= 11 is 0. The maximum absolute atomic E-state index is 12.2. The number of hydrogen-bond acceptors (Lipinski definition) is 3. The van der Waals surface area contributed by atoms with Crippen LogP contribution in [0.2, 0.25) is 0 Å². The SMILES string of the molecule is Cc1cccc(CS(=O)(=O)C2CCCC2N)c1. The molecule has 2 N–H and O–H groups in total. The molecule has 1 aliphatic carbocycles. The molecule has 17 heavy (non-hydrogen) atoms. The van der Waals surface area contributed by atoms with Crippen LogP contribution < -0.4 is 5.73 Å². The summed E-state index contributed by atoms with van der Waals surface area (Å²) < 4.78 is 24.5. The van der Waals surface area contributed by atoms with Gasteiger partial charge in [-0.3, -0.25) is 0 Å². The molecule has 0 saturated heterocycles. The molecule has 3 nitrogen and oxygen atoms in total. The second kappa shape index (κ2) is 4.78. The molecule has 0 spiro atoms. The third-order valence-electron chi connectivity index (χ3n) is 3.42. The molecule has 0 bridgehead atoms. The molecule has 0 aromatic heterocycles. The molecular formula is C13H19NO2S. The monoisotopic (exact) mass is 253 g/mol. The predicted octanol–water partition coefficient (Wildman–Crippen LogP) is 1.79. The highest BCUT2D eigenvalue weighted by Gasteiger charge is 2.34. The summed E-state index contributed by atoms with van der Waals surface area (Å²) in [7, 11) is -3.10. The highest BCUT2D eigenvalue weighted by molar-refractivity contribution is 7.91. The molecule has 2 rings (SSSR count). The molecular weight excluding hydrogens is 234 g/mol. The van der Waals surface area contributed by atoms with Crippen LogP contribution in [0.15, 0.2) is 24.3 Å². The van der Waals surface area contributed by atoms with Crippen LogP contribution in [-0.4, -0.2) is 19.7 Å². The largest absolute Gasteiger partial charge is 0.327 e. The minimum absolute atomic E-state index is 0.118. The lowest BCUT2D eigenvalue weighted by molar-refractivity contribution is 0.567. The van der Waals surface area contributed by atoms with E-state index in [0.717, 1.165) is 30.4 Å². The van der Waals surface area contributed by atoms with Crippen molar-refractivity contribution in [3.63, 3.8) is 0 Å². The van der Waals surface area contributed by atoms with E-state index in [4.69, 9.17) is 5.73 Å². The summed E-state index contributed by atoms with van der Waals surface area (Å²) in [6.07, 6.45) is 2.48. The zero-order valence-electron chi connectivity index (χ0n) is 10.1. The van der Waals surface area contributed by atoms with Crippen LogP contribution in [0.3, 0.4) is 0 Å². The lowest BCUT2D eigenvalue weighted by atomic mass is 10.2. The van der Waals surface area contributed by atoms with Gasteiger partial charge >= 0.3 is 0 Å². The smallest absolute Gasteiger partial charge is 0.158 e. The molecule has 4 heteroatoms. The molecule has 0 heterocycles. The van der Waals surface area contributed by atoms with Gasteiger partial charge in [0.05, 0.1) is 11.0 Å². The van der Waals surface area contributed by atoms with Gasteiger partial charge in [0.1, 0.15) is 0 Å². The van der Waals surface area contributed by atoms with Crippen molar-refractivity contribution in [2.75, 3.05) is 0 Å². The highest BCUT2D eigenvalue weighted by Crippen LogP contribution is 2.26. The average Bonchev–Trinajstić information content (AvgIpc) is 2.64. The van der Waals surface area contributed by atoms with E-state index in [9.17, 15) is 8.42 Å². The van der Waals surface area contributed by atoms with Crippen molar-refractivity contribution in [1.29, 1.82) is 0 Å². The average molecular weight is 253 g/mol. The van der Waals surface area contributed by atoms with Gasteiger partial charge in [-0.05, 0) is 25.3 Å². The maximum Gasteiger partial charge on any atom is 0.158 e. The first kappa shape index (κ1) is 12.6. The molecule has 2 atom stereocenters. The number of rotatable bonds is 3. The molecule has 1 aliphatic rings. The van der Waals surface area contributed by atoms with Crippen LogP contribution in [0.1, 0.15) is 30.4 Å². The van der Waals surface area contributed by atoms with Gasteiger partial charge in [0.25, 0.3) is 0 Å². The molecule has 2 unspecified atom stereocenters. The van der Waals surface area contributed by atoms with Crippen LogP contribution in [0, 0.1) is 6.92 Å². The first-order valence-electron chi connectivity index (χ1n) is 6.02. The molecule has 0 amide bonds. The third-order valence-corrected chi connectivity index (χ3v) is 5.66. The molecule has 1 aromatic rings. The van der Waals surface area contributed by atoms with E-state index in [1.807, 2.05) is 31.2 Å². The number of nitrogens with two attached hydrogens (primary N) is 1. The van der Waals surface area contributed by atoms with Crippen LogP contribution >= 0.6 is 0 Å². The summed E-state index contributed by atoms with van der Waals surface area (Å²) in [5.41, 5.74) is 7.83. The highest BCUT2D eigenvalue weighted by atomic mass is 32.2. The Labute approximate surface area is 103 Å². The Balaban J connectivity index is 2.17. The Bertz CT molecular complexity index is 496. The fraction of sp³-hybridized carbons (Fsp3) is 0.538. The van der Waals surface area contributed by atoms with Crippen molar-refractivity contribution in [3.05, 3.63) is 35.4 Å². The lowest BCUT2D eigenvalue weighted by Gasteiger charge is -2.16. The van der Waals surface area contributed by atoms with Crippen molar-refractivity contribution in [2.24, 2.45) is 5.73 Å². The fourth-order valence-corrected chi connectivity index (χ4v) is 4.59. The zero-order valence-corrected chi connectivity index (χ0v) is 10.9. The van der Waals surface area contributed by atoms with Gasteiger partial charge < -0.3 is 5.73 Å². The Morgan fingerprint density at radius 1 is 1.35 bits per heavy atom. The first-order chi connectivity index (χ1) is 7.99. The lowest BCUT2D eigenvalue weighted by Crippen LogP contribution is -2.36. The zero-order chi connectivity index (χ0) is 12.5. The molecule has 0 radical (unpaired) electrons. The standard InChI is InChI=1S/C13H19NO2S/c1-10-4-2-5-11(8-10)9-17(15,16)13-7-3-6-12(13)14/h2,4-5,8,12-13H,3,6-7,9,14H2,1H3. The molecule has 1 aromatic carbocycles. The van der Waals surface area contributed by atoms with Crippen molar-refractivity contribution in [1.82, 2.24) is 0 Å². The van der Waals surface area contributed by atoms with Crippen molar-refractivity contribution < 1.29 is 8.42 Å². The van der Waals surface area contributed by atoms with E-state index >= 15 is 0 Å². The summed E-state index contributed by atoms with van der Waals surface area (Å²) in [5.74, 6) is 0.118. The third kappa shape index (κ3) is 2.87. The number of sulfone groups is 1. The second-order valence-electron chi connectivity index (χ2n) is 4.93. The summed E-state index contributed by atoms with van der Waals surface area (Å²) in [6.45, 7) is 1.97. The summed E-state index contributed by atoms with van der Waals surface area (Å²) in [4.78, 5) is 0. The molecule has 1 saturated carbocycles. The van der Waals surface area contributed by atoms with Crippen molar-refractivity contribution >= 4 is 9.84 Å². The van der Waals surface area contributed by atoms with Crippen LogP contribution in [0.5, 0.6) is 0 Å². The van der Waals surface area contributed by atoms with Gasteiger partial charge in [-0.1, -0.05) is 36.2 Å². The fourth-order valence-electron chi connectivity index (χ4n) is 2.54. The predicted molar refractivity (Wildman–Crippen MR) is 69.4 cm³/mol. The van der Waals surface area contributed by atoms with Crippen LogP contribution in [0.25, 0.3) is 0 Å². The topological polar surface area (TPSA) is 60.2 Å². The molecule has 0 aliphatic heterocycles. The Hall–Kier alpha value is -0.870. The van der Waals surface area contributed by atoms with E-state index in [2.05, 4.69) is 0 Å². The normalized spacial score (nSPS) is 25.1. The van der Waals surface area contributed by atoms with Crippen molar-refractivity contribution in [2.45, 2.75) is 43.2 Å². The first-order valence-corrected chi connectivity index (χ1v) is 7.73. The van der Waals surface area contributed by atoms with E-state index in [0.29, 0.717) is 0 Å². The van der Waals surface area contributed by atoms with E-state index < -0.39 is 9.84 Å². The van der Waals surface area contributed by atoms with Gasteiger partial charge in [-0.15, -0.1) is 0 Å². The van der Waals surface area contributed by atoms with Gasteiger partial charge in [-0.25, -0.2) is 8.42 Å². The summed E-state index contributed by atoms with van der Waals surface area (Å²) in [6, 6.07) is 7.49. The Morgan fingerprint density at radius 2 is 2.12 bits per heavy atom. The van der Waals surface area contributed by atoms with Gasteiger partial charge in [0.15, 0.2) is 9.84 Å². The second-order valence-corrected chi connectivity index (χ2v) is 7.15. The van der Waals surface area contributed by atoms with Gasteiger partial charge in [0, 0.05) is 6.04 Å². The van der Waals surface area contributed by atoms with Crippen molar-refractivity contribution in [3.8, 4) is 0 Å². The van der Waals surface area contributed by atoms with Crippen LogP contribution in [0.4, 0.5) is 0 Å². The van der Waals surface area contributed by atoms with E-state index in [1.54, 1.807) is 0 Å². The van der Waals surface area contributed by atoms with E-state index in [-0.39, 0.29) is 17.0 Å². The Kier molecular flexibility index (Phi) is 3.54. The van der Waals surface area contributed by atoms with Gasteiger partial charge in [0.2, 0.25) is 0 Å². The van der Waals surface area contributed by atoms with E-state index in [1.165, 1.54) is 0 Å². The number of hydrogen-bond donors (Lipinski definition) is 1. The number of benzene rings is 1. The Morgan fingerprint density at radius 3 is 2.71 bits per heavy atom. The minimum Gasteiger partial charge on any atom is -0.327 e. The maximum atomic E-state index is 12.2. The summed E-state index contributed by atoms with van der Waals surface area (Å²) in [5, 5.41) is -0.344. The number of aryl methyl sites for hydroxylation is 1. The van der Waals surface area contributed by atoms with Crippen LogP contribution in [-0.2, 0) is 15.6 Å². The van der Waals surface area contributed by atoms with Gasteiger partial charge in [-0.2, -0.15) is 0 Å². The molecule has 1 fully saturated rings. The quantitative estimate of drug-likeness (QED) is 0.893. The molecule has 94 valence electrons. The minimum atomic E-state index is -3.10.